The van der Waals surface area contributed by atoms with Crippen LogP contribution in [0.3, 0.4) is 0 Å². The van der Waals surface area contributed by atoms with Crippen LogP contribution in [-0.4, -0.2) is 23.1 Å². The molecule has 2 aromatic heterocycles. The molecule has 1 fully saturated rings. The molecule has 0 saturated carbocycles. The van der Waals surface area contributed by atoms with Crippen molar-refractivity contribution in [3.05, 3.63) is 34.1 Å². The number of piperidine rings is 1. The Morgan fingerprint density at radius 3 is 2.89 bits per heavy atom. The smallest absolute Gasteiger partial charge is 0.162 e. The molecule has 1 aliphatic rings. The van der Waals surface area contributed by atoms with Gasteiger partial charge < -0.3 is 5.32 Å². The van der Waals surface area contributed by atoms with Crippen molar-refractivity contribution < 1.29 is 0 Å². The SMILES string of the molecule is Clc1cc(Cl)c2ccc(C3CCCNC3)nc2n1. The molecule has 0 amide bonds. The Morgan fingerprint density at radius 2 is 2.11 bits per heavy atom. The van der Waals surface area contributed by atoms with Gasteiger partial charge in [0.25, 0.3) is 0 Å². The molecular formula is C13H13Cl2N3. The summed E-state index contributed by atoms with van der Waals surface area (Å²) in [6.07, 6.45) is 2.36. The summed E-state index contributed by atoms with van der Waals surface area (Å²) in [5, 5.41) is 5.24. The molecule has 1 saturated heterocycles. The lowest BCUT2D eigenvalue weighted by Gasteiger charge is -2.22. The lowest BCUT2D eigenvalue weighted by atomic mass is 9.95. The van der Waals surface area contributed by atoms with Gasteiger partial charge in [-0.15, -0.1) is 0 Å². The predicted molar refractivity (Wildman–Crippen MR) is 74.4 cm³/mol. The average molecular weight is 282 g/mol. The minimum Gasteiger partial charge on any atom is -0.316 e. The van der Waals surface area contributed by atoms with E-state index in [4.69, 9.17) is 23.2 Å². The van der Waals surface area contributed by atoms with Gasteiger partial charge in [0.2, 0.25) is 0 Å². The Bertz CT molecular complexity index is 580. The second-order valence-electron chi connectivity index (χ2n) is 4.58. The van der Waals surface area contributed by atoms with E-state index < -0.39 is 0 Å². The Balaban J connectivity index is 2.04. The second-order valence-corrected chi connectivity index (χ2v) is 5.37. The predicted octanol–water partition coefficient (Wildman–Crippen LogP) is 3.40. The average Bonchev–Trinajstić information content (AvgIpc) is 2.39. The fourth-order valence-electron chi connectivity index (χ4n) is 2.38. The third kappa shape index (κ3) is 2.30. The number of halogens is 2. The lowest BCUT2D eigenvalue weighted by molar-refractivity contribution is 0.455. The molecule has 2 aromatic rings. The molecule has 0 aliphatic carbocycles. The quantitative estimate of drug-likeness (QED) is 0.814. The van der Waals surface area contributed by atoms with Gasteiger partial charge in [0, 0.05) is 23.5 Å². The number of rotatable bonds is 1. The zero-order valence-electron chi connectivity index (χ0n) is 9.79. The van der Waals surface area contributed by atoms with Crippen molar-refractivity contribution in [2.75, 3.05) is 13.1 Å². The van der Waals surface area contributed by atoms with Gasteiger partial charge >= 0.3 is 0 Å². The van der Waals surface area contributed by atoms with Crippen molar-refractivity contribution in [2.24, 2.45) is 0 Å². The number of fused-ring (bicyclic) bond motifs is 1. The van der Waals surface area contributed by atoms with Gasteiger partial charge in [0.05, 0.1) is 5.02 Å². The highest BCUT2D eigenvalue weighted by Crippen LogP contribution is 2.27. The maximum atomic E-state index is 6.12. The van der Waals surface area contributed by atoms with Crippen LogP contribution in [0, 0.1) is 0 Å². The van der Waals surface area contributed by atoms with E-state index in [-0.39, 0.29) is 0 Å². The topological polar surface area (TPSA) is 37.8 Å². The first-order valence-corrected chi connectivity index (χ1v) is 6.83. The van der Waals surface area contributed by atoms with Gasteiger partial charge in [-0.1, -0.05) is 23.2 Å². The summed E-state index contributed by atoms with van der Waals surface area (Å²) in [5.41, 5.74) is 1.70. The zero-order valence-corrected chi connectivity index (χ0v) is 11.3. The summed E-state index contributed by atoms with van der Waals surface area (Å²) >= 11 is 12.0. The van der Waals surface area contributed by atoms with Crippen LogP contribution in [-0.2, 0) is 0 Å². The van der Waals surface area contributed by atoms with Gasteiger partial charge in [0.15, 0.2) is 5.65 Å². The summed E-state index contributed by atoms with van der Waals surface area (Å²) in [7, 11) is 0. The molecule has 3 heterocycles. The number of aromatic nitrogens is 2. The zero-order chi connectivity index (χ0) is 12.5. The molecule has 94 valence electrons. The number of pyridine rings is 2. The molecule has 1 N–H and O–H groups in total. The van der Waals surface area contributed by atoms with E-state index in [1.165, 1.54) is 12.8 Å². The standard InChI is InChI=1S/C13H13Cl2N3/c14-10-6-12(15)18-13-9(10)3-4-11(17-13)8-2-1-5-16-7-8/h3-4,6,8,16H,1-2,5,7H2. The van der Waals surface area contributed by atoms with Crippen molar-refractivity contribution in [1.82, 2.24) is 15.3 Å². The maximum absolute atomic E-state index is 6.12. The van der Waals surface area contributed by atoms with E-state index in [0.29, 0.717) is 21.7 Å². The van der Waals surface area contributed by atoms with Crippen molar-refractivity contribution in [3.8, 4) is 0 Å². The van der Waals surface area contributed by atoms with Crippen LogP contribution < -0.4 is 5.32 Å². The minimum atomic E-state index is 0.388. The molecular weight excluding hydrogens is 269 g/mol. The molecule has 5 heteroatoms. The fourth-order valence-corrected chi connectivity index (χ4v) is 2.88. The number of nitrogens with zero attached hydrogens (tertiary/aromatic N) is 2. The van der Waals surface area contributed by atoms with E-state index in [1.54, 1.807) is 6.07 Å². The lowest BCUT2D eigenvalue weighted by Crippen LogP contribution is -2.28. The van der Waals surface area contributed by atoms with Gasteiger partial charge in [-0.05, 0) is 37.6 Å². The van der Waals surface area contributed by atoms with E-state index in [2.05, 4.69) is 15.3 Å². The van der Waals surface area contributed by atoms with Crippen LogP contribution >= 0.6 is 23.2 Å². The van der Waals surface area contributed by atoms with Crippen LogP contribution in [0.25, 0.3) is 11.0 Å². The first kappa shape index (κ1) is 12.2. The molecule has 0 spiro atoms. The van der Waals surface area contributed by atoms with E-state index in [1.807, 2.05) is 12.1 Å². The first-order chi connectivity index (χ1) is 8.74. The minimum absolute atomic E-state index is 0.388. The summed E-state index contributed by atoms with van der Waals surface area (Å²) in [4.78, 5) is 8.84. The van der Waals surface area contributed by atoms with Crippen LogP contribution in [0.2, 0.25) is 10.2 Å². The molecule has 0 radical (unpaired) electrons. The maximum Gasteiger partial charge on any atom is 0.162 e. The van der Waals surface area contributed by atoms with E-state index >= 15 is 0 Å². The molecule has 0 aromatic carbocycles. The van der Waals surface area contributed by atoms with Gasteiger partial charge in [-0.3, -0.25) is 0 Å². The summed E-state index contributed by atoms with van der Waals surface area (Å²) in [5.74, 6) is 0.461. The van der Waals surface area contributed by atoms with Crippen molar-refractivity contribution >= 4 is 34.2 Å². The van der Waals surface area contributed by atoms with Crippen molar-refractivity contribution in [3.63, 3.8) is 0 Å². The first-order valence-electron chi connectivity index (χ1n) is 6.07. The highest BCUT2D eigenvalue weighted by molar-refractivity contribution is 6.37. The van der Waals surface area contributed by atoms with E-state index in [9.17, 15) is 0 Å². The third-order valence-electron chi connectivity index (χ3n) is 3.33. The Labute approximate surface area is 116 Å². The van der Waals surface area contributed by atoms with Crippen molar-refractivity contribution in [2.45, 2.75) is 18.8 Å². The molecule has 0 bridgehead atoms. The second kappa shape index (κ2) is 5.00. The van der Waals surface area contributed by atoms with Crippen LogP contribution in [0.1, 0.15) is 24.5 Å². The van der Waals surface area contributed by atoms with Gasteiger partial charge in [-0.25, -0.2) is 9.97 Å². The van der Waals surface area contributed by atoms with E-state index in [0.717, 1.165) is 24.2 Å². The fraction of sp³-hybridized carbons (Fsp3) is 0.385. The summed E-state index contributed by atoms with van der Waals surface area (Å²) in [6, 6.07) is 5.67. The monoisotopic (exact) mass is 281 g/mol. The molecule has 3 rings (SSSR count). The largest absolute Gasteiger partial charge is 0.316 e. The van der Waals surface area contributed by atoms with Gasteiger partial charge in [0.1, 0.15) is 5.15 Å². The molecule has 1 unspecified atom stereocenters. The van der Waals surface area contributed by atoms with Gasteiger partial charge in [-0.2, -0.15) is 0 Å². The normalized spacial score (nSPS) is 20.2. The third-order valence-corrected chi connectivity index (χ3v) is 3.83. The molecule has 1 aliphatic heterocycles. The number of hydrogen-bond donors (Lipinski definition) is 1. The number of hydrogen-bond acceptors (Lipinski definition) is 3. The molecule has 18 heavy (non-hydrogen) atoms. The molecule has 3 nitrogen and oxygen atoms in total. The highest BCUT2D eigenvalue weighted by Gasteiger charge is 2.17. The van der Waals surface area contributed by atoms with Crippen LogP contribution in [0.15, 0.2) is 18.2 Å². The summed E-state index contributed by atoms with van der Waals surface area (Å²) in [6.45, 7) is 2.08. The highest BCUT2D eigenvalue weighted by atomic mass is 35.5. The van der Waals surface area contributed by atoms with Crippen LogP contribution in [0.4, 0.5) is 0 Å². The number of nitrogens with one attached hydrogen (secondary N) is 1. The van der Waals surface area contributed by atoms with Crippen molar-refractivity contribution in [1.29, 1.82) is 0 Å². The van der Waals surface area contributed by atoms with Crippen LogP contribution in [0.5, 0.6) is 0 Å². The summed E-state index contributed by atoms with van der Waals surface area (Å²) < 4.78 is 0. The Kier molecular flexibility index (Phi) is 3.37. The molecule has 1 atom stereocenters. The Hall–Kier alpha value is -0.900. The Morgan fingerprint density at radius 1 is 1.22 bits per heavy atom.